The molecule has 0 aliphatic rings. The van der Waals surface area contributed by atoms with Crippen LogP contribution in [-0.4, -0.2) is 50.5 Å². The quantitative estimate of drug-likeness (QED) is 0.505. The Labute approximate surface area is 210 Å². The third-order valence-electron chi connectivity index (χ3n) is 6.04. The Morgan fingerprint density at radius 1 is 0.943 bits per heavy atom. The zero-order chi connectivity index (χ0) is 26.3. The Morgan fingerprint density at radius 3 is 2.03 bits per heavy atom. The second-order valence-electron chi connectivity index (χ2n) is 9.52. The molecular weight excluding hydrogens is 462 g/mol. The molecule has 0 unspecified atom stereocenters. The molecule has 1 atom stereocenters. The number of sulfonamides is 1. The molecule has 0 fully saturated rings. The van der Waals surface area contributed by atoms with Crippen LogP contribution in [0.5, 0.6) is 0 Å². The number of carbonyl (C=O) groups is 2. The number of rotatable bonds is 11. The summed E-state index contributed by atoms with van der Waals surface area (Å²) in [6.07, 6.45) is 1.51. The fourth-order valence-corrected chi connectivity index (χ4v) is 5.05. The SMILES string of the molecule is CC[C@@H](C(=O)NCC(C)C)N(Cc1ccccc1C)C(=O)CN(c1c(C)cccc1C)S(C)(=O)=O. The predicted octanol–water partition coefficient (Wildman–Crippen LogP) is 3.96. The predicted molar refractivity (Wildman–Crippen MR) is 142 cm³/mol. The average Bonchev–Trinajstić information content (AvgIpc) is 2.77. The molecule has 192 valence electrons. The van der Waals surface area contributed by atoms with E-state index in [1.807, 2.05) is 84.0 Å². The van der Waals surface area contributed by atoms with E-state index in [4.69, 9.17) is 0 Å². The van der Waals surface area contributed by atoms with Crippen molar-refractivity contribution in [1.29, 1.82) is 0 Å². The van der Waals surface area contributed by atoms with E-state index in [0.717, 1.165) is 32.8 Å². The van der Waals surface area contributed by atoms with Gasteiger partial charge in [0.1, 0.15) is 12.6 Å². The molecule has 0 saturated carbocycles. The third kappa shape index (κ3) is 7.56. The Hall–Kier alpha value is -2.87. The second kappa shape index (κ2) is 12.2. The molecule has 2 amide bonds. The van der Waals surface area contributed by atoms with Gasteiger partial charge < -0.3 is 10.2 Å². The van der Waals surface area contributed by atoms with Crippen molar-refractivity contribution in [2.45, 2.75) is 60.5 Å². The van der Waals surface area contributed by atoms with Crippen LogP contribution in [-0.2, 0) is 26.2 Å². The zero-order valence-electron chi connectivity index (χ0n) is 22.0. The van der Waals surface area contributed by atoms with Crippen molar-refractivity contribution in [1.82, 2.24) is 10.2 Å². The average molecular weight is 502 g/mol. The number of anilines is 1. The Balaban J connectivity index is 2.49. The normalized spacial score (nSPS) is 12.3. The molecule has 2 aromatic carbocycles. The first-order valence-corrected chi connectivity index (χ1v) is 13.9. The van der Waals surface area contributed by atoms with Crippen LogP contribution in [0.3, 0.4) is 0 Å². The summed E-state index contributed by atoms with van der Waals surface area (Å²) in [4.78, 5) is 28.4. The lowest BCUT2D eigenvalue weighted by molar-refractivity contribution is -0.140. The van der Waals surface area contributed by atoms with Gasteiger partial charge in [0, 0.05) is 13.1 Å². The van der Waals surface area contributed by atoms with Gasteiger partial charge in [-0.15, -0.1) is 0 Å². The van der Waals surface area contributed by atoms with Crippen molar-refractivity contribution in [3.63, 3.8) is 0 Å². The van der Waals surface area contributed by atoms with Crippen LogP contribution in [0, 0.1) is 26.7 Å². The standard InChI is InChI=1S/C27H39N3O4S/c1-8-24(27(32)28-16-19(2)3)29(17-23-15-10-9-12-20(23)4)25(31)18-30(35(7,33)34)26-21(5)13-11-14-22(26)6/h9-15,19,24H,8,16-18H2,1-7H3,(H,28,32)/t24-/m0/s1. The number of hydrogen-bond donors (Lipinski definition) is 1. The van der Waals surface area contributed by atoms with Gasteiger partial charge in [-0.05, 0) is 55.4 Å². The second-order valence-corrected chi connectivity index (χ2v) is 11.4. The third-order valence-corrected chi connectivity index (χ3v) is 7.15. The Kier molecular flexibility index (Phi) is 9.89. The number of carbonyl (C=O) groups excluding carboxylic acids is 2. The van der Waals surface area contributed by atoms with Crippen molar-refractivity contribution in [3.8, 4) is 0 Å². The number of amides is 2. The zero-order valence-corrected chi connectivity index (χ0v) is 22.8. The lowest BCUT2D eigenvalue weighted by Gasteiger charge is -2.34. The maximum atomic E-state index is 13.8. The summed E-state index contributed by atoms with van der Waals surface area (Å²) in [7, 11) is -3.76. The minimum atomic E-state index is -3.76. The van der Waals surface area contributed by atoms with Gasteiger partial charge in [-0.2, -0.15) is 0 Å². The summed E-state index contributed by atoms with van der Waals surface area (Å²) < 4.78 is 26.8. The van der Waals surface area contributed by atoms with Crippen molar-refractivity contribution in [3.05, 3.63) is 64.7 Å². The van der Waals surface area contributed by atoms with Crippen molar-refractivity contribution < 1.29 is 18.0 Å². The number of nitrogens with zero attached hydrogens (tertiary/aromatic N) is 2. The van der Waals surface area contributed by atoms with Crippen LogP contribution >= 0.6 is 0 Å². The molecule has 1 N–H and O–H groups in total. The maximum absolute atomic E-state index is 13.8. The molecule has 35 heavy (non-hydrogen) atoms. The molecule has 8 heteroatoms. The van der Waals surface area contributed by atoms with Crippen LogP contribution in [0.2, 0.25) is 0 Å². The van der Waals surface area contributed by atoms with E-state index in [2.05, 4.69) is 5.32 Å². The minimum Gasteiger partial charge on any atom is -0.354 e. The molecule has 0 aliphatic carbocycles. The summed E-state index contributed by atoms with van der Waals surface area (Å²) in [6.45, 7) is 11.8. The summed E-state index contributed by atoms with van der Waals surface area (Å²) in [5, 5.41) is 2.94. The van der Waals surface area contributed by atoms with Gasteiger partial charge in [0.15, 0.2) is 0 Å². The van der Waals surface area contributed by atoms with Crippen LogP contribution in [0.4, 0.5) is 5.69 Å². The van der Waals surface area contributed by atoms with Crippen LogP contribution in [0.1, 0.15) is 49.4 Å². The molecule has 0 aliphatic heterocycles. The molecule has 0 heterocycles. The number of para-hydroxylation sites is 1. The fraction of sp³-hybridized carbons (Fsp3) is 0.481. The maximum Gasteiger partial charge on any atom is 0.244 e. The largest absolute Gasteiger partial charge is 0.354 e. The number of hydrogen-bond acceptors (Lipinski definition) is 4. The van der Waals surface area contributed by atoms with Gasteiger partial charge in [0.05, 0.1) is 11.9 Å². The van der Waals surface area contributed by atoms with E-state index in [1.165, 1.54) is 4.90 Å². The lowest BCUT2D eigenvalue weighted by Crippen LogP contribution is -2.52. The smallest absolute Gasteiger partial charge is 0.244 e. The van der Waals surface area contributed by atoms with Crippen LogP contribution in [0.15, 0.2) is 42.5 Å². The van der Waals surface area contributed by atoms with E-state index in [9.17, 15) is 18.0 Å². The highest BCUT2D eigenvalue weighted by Gasteiger charge is 2.32. The van der Waals surface area contributed by atoms with E-state index < -0.39 is 22.0 Å². The van der Waals surface area contributed by atoms with Crippen molar-refractivity contribution in [2.24, 2.45) is 5.92 Å². The van der Waals surface area contributed by atoms with E-state index in [1.54, 1.807) is 0 Å². The molecular formula is C27H39N3O4S. The number of benzene rings is 2. The van der Waals surface area contributed by atoms with Gasteiger partial charge >= 0.3 is 0 Å². The molecule has 0 radical (unpaired) electrons. The van der Waals surface area contributed by atoms with Gasteiger partial charge in [-0.3, -0.25) is 13.9 Å². The Morgan fingerprint density at radius 2 is 1.51 bits per heavy atom. The summed E-state index contributed by atoms with van der Waals surface area (Å²) in [5.41, 5.74) is 3.92. The summed E-state index contributed by atoms with van der Waals surface area (Å²) in [6, 6.07) is 12.5. The van der Waals surface area contributed by atoms with Gasteiger partial charge in [0.25, 0.3) is 0 Å². The van der Waals surface area contributed by atoms with Gasteiger partial charge in [0.2, 0.25) is 21.8 Å². The highest BCUT2D eigenvalue weighted by Crippen LogP contribution is 2.27. The number of aryl methyl sites for hydroxylation is 3. The first kappa shape index (κ1) is 28.4. The fourth-order valence-electron chi connectivity index (χ4n) is 4.09. The molecule has 7 nitrogen and oxygen atoms in total. The molecule has 0 spiro atoms. The van der Waals surface area contributed by atoms with Crippen molar-refractivity contribution in [2.75, 3.05) is 23.7 Å². The van der Waals surface area contributed by atoms with E-state index >= 15 is 0 Å². The lowest BCUT2D eigenvalue weighted by atomic mass is 10.1. The van der Waals surface area contributed by atoms with E-state index in [-0.39, 0.29) is 24.9 Å². The topological polar surface area (TPSA) is 86.8 Å². The first-order valence-electron chi connectivity index (χ1n) is 12.0. The first-order chi connectivity index (χ1) is 16.4. The van der Waals surface area contributed by atoms with Crippen molar-refractivity contribution >= 4 is 27.5 Å². The molecule has 0 bridgehead atoms. The van der Waals surface area contributed by atoms with E-state index in [0.29, 0.717) is 18.7 Å². The number of nitrogens with one attached hydrogen (secondary N) is 1. The molecule has 0 saturated heterocycles. The summed E-state index contributed by atoms with van der Waals surface area (Å²) >= 11 is 0. The molecule has 2 rings (SSSR count). The summed E-state index contributed by atoms with van der Waals surface area (Å²) in [5.74, 6) is -0.393. The monoisotopic (exact) mass is 501 g/mol. The van der Waals surface area contributed by atoms with Crippen LogP contribution < -0.4 is 9.62 Å². The highest BCUT2D eigenvalue weighted by molar-refractivity contribution is 7.92. The van der Waals surface area contributed by atoms with Gasteiger partial charge in [-0.25, -0.2) is 8.42 Å². The van der Waals surface area contributed by atoms with Crippen LogP contribution in [0.25, 0.3) is 0 Å². The highest BCUT2D eigenvalue weighted by atomic mass is 32.2. The Bertz CT molecular complexity index is 1120. The molecule has 0 aromatic heterocycles. The molecule has 2 aromatic rings. The van der Waals surface area contributed by atoms with Gasteiger partial charge in [-0.1, -0.05) is 63.2 Å². The minimum absolute atomic E-state index is 0.212.